The third kappa shape index (κ3) is 8.76. The van der Waals surface area contributed by atoms with E-state index in [9.17, 15) is 4.79 Å². The van der Waals surface area contributed by atoms with E-state index in [-0.39, 0.29) is 24.4 Å². The van der Waals surface area contributed by atoms with Gasteiger partial charge in [0.15, 0.2) is 0 Å². The van der Waals surface area contributed by atoms with Gasteiger partial charge in [0.2, 0.25) is 5.91 Å². The molecule has 1 atom stereocenters. The van der Waals surface area contributed by atoms with E-state index in [2.05, 4.69) is 5.32 Å². The minimum Gasteiger partial charge on any atom is -0.356 e. The number of halogens is 1. The first-order valence-electron chi connectivity index (χ1n) is 7.20. The third-order valence-corrected chi connectivity index (χ3v) is 3.64. The van der Waals surface area contributed by atoms with Crippen molar-refractivity contribution >= 4 is 18.3 Å². The first kappa shape index (κ1) is 17.7. The number of hydrogen-bond acceptors (Lipinski definition) is 2. The average Bonchev–Trinajstić information content (AvgIpc) is 2.24. The van der Waals surface area contributed by atoms with Crippen LogP contribution in [0.25, 0.3) is 0 Å². The van der Waals surface area contributed by atoms with E-state index < -0.39 is 0 Å². The van der Waals surface area contributed by atoms with Crippen LogP contribution in [0.2, 0.25) is 0 Å². The van der Waals surface area contributed by atoms with Crippen molar-refractivity contribution in [2.24, 2.45) is 11.7 Å². The largest absolute Gasteiger partial charge is 0.356 e. The monoisotopic (exact) mass is 276 g/mol. The summed E-state index contributed by atoms with van der Waals surface area (Å²) in [6, 6.07) is 0.127. The molecule has 1 fully saturated rings. The van der Waals surface area contributed by atoms with Crippen LogP contribution in [0, 0.1) is 5.92 Å². The van der Waals surface area contributed by atoms with E-state index in [4.69, 9.17) is 5.73 Å². The zero-order valence-electron chi connectivity index (χ0n) is 11.6. The van der Waals surface area contributed by atoms with Crippen LogP contribution in [0.15, 0.2) is 0 Å². The maximum atomic E-state index is 11.6. The van der Waals surface area contributed by atoms with Gasteiger partial charge in [0.1, 0.15) is 0 Å². The first-order valence-corrected chi connectivity index (χ1v) is 7.20. The van der Waals surface area contributed by atoms with Crippen LogP contribution in [0.3, 0.4) is 0 Å². The number of rotatable bonds is 5. The Hall–Kier alpha value is -0.280. The lowest BCUT2D eigenvalue weighted by Gasteiger charge is -2.20. The fourth-order valence-electron chi connectivity index (χ4n) is 2.45. The molecule has 1 rings (SSSR count). The molecular formula is C14H29ClN2O. The second-order valence-corrected chi connectivity index (χ2v) is 5.53. The number of carbonyl (C=O) groups is 1. The van der Waals surface area contributed by atoms with Crippen LogP contribution in [-0.2, 0) is 4.79 Å². The molecule has 108 valence electrons. The van der Waals surface area contributed by atoms with Crippen molar-refractivity contribution in [2.45, 2.75) is 70.8 Å². The van der Waals surface area contributed by atoms with Crippen molar-refractivity contribution < 1.29 is 4.79 Å². The molecule has 0 heterocycles. The number of nitrogens with one attached hydrogen (secondary N) is 1. The van der Waals surface area contributed by atoms with Crippen molar-refractivity contribution in [3.8, 4) is 0 Å². The van der Waals surface area contributed by atoms with Crippen LogP contribution in [-0.4, -0.2) is 18.5 Å². The summed E-state index contributed by atoms with van der Waals surface area (Å²) >= 11 is 0. The van der Waals surface area contributed by atoms with Crippen LogP contribution in [0.4, 0.5) is 0 Å². The Morgan fingerprint density at radius 3 is 2.33 bits per heavy atom. The zero-order valence-corrected chi connectivity index (χ0v) is 12.4. The smallest absolute Gasteiger partial charge is 0.220 e. The molecule has 1 aliphatic rings. The Kier molecular flexibility index (Phi) is 10.5. The van der Waals surface area contributed by atoms with Gasteiger partial charge in [-0.25, -0.2) is 0 Å². The second kappa shape index (κ2) is 10.6. The van der Waals surface area contributed by atoms with Gasteiger partial charge in [-0.2, -0.15) is 0 Å². The lowest BCUT2D eigenvalue weighted by atomic mass is 9.91. The van der Waals surface area contributed by atoms with Crippen LogP contribution >= 0.6 is 12.4 Å². The highest BCUT2D eigenvalue weighted by Gasteiger charge is 2.12. The quantitative estimate of drug-likeness (QED) is 0.811. The molecule has 0 spiro atoms. The third-order valence-electron chi connectivity index (χ3n) is 3.64. The van der Waals surface area contributed by atoms with E-state index in [0.717, 1.165) is 13.0 Å². The summed E-state index contributed by atoms with van der Waals surface area (Å²) in [5.74, 6) is 0.874. The highest BCUT2D eigenvalue weighted by atomic mass is 35.5. The van der Waals surface area contributed by atoms with Gasteiger partial charge in [-0.3, -0.25) is 4.79 Å². The van der Waals surface area contributed by atoms with Gasteiger partial charge >= 0.3 is 0 Å². The molecular weight excluding hydrogens is 248 g/mol. The van der Waals surface area contributed by atoms with E-state index in [1.165, 1.54) is 44.9 Å². The minimum atomic E-state index is 0. The first-order chi connectivity index (χ1) is 8.18. The fraction of sp³-hybridized carbons (Fsp3) is 0.929. The number of amides is 1. The molecule has 0 saturated heterocycles. The molecule has 0 aromatic rings. The van der Waals surface area contributed by atoms with Gasteiger partial charge < -0.3 is 11.1 Å². The topological polar surface area (TPSA) is 55.1 Å². The Balaban J connectivity index is 0.00000289. The number of nitrogens with two attached hydrogens (primary N) is 1. The second-order valence-electron chi connectivity index (χ2n) is 5.53. The van der Waals surface area contributed by atoms with E-state index in [1.54, 1.807) is 0 Å². The van der Waals surface area contributed by atoms with Gasteiger partial charge in [0.05, 0.1) is 0 Å². The molecule has 4 heteroatoms. The summed E-state index contributed by atoms with van der Waals surface area (Å²) in [4.78, 5) is 11.6. The molecule has 0 bridgehead atoms. The van der Waals surface area contributed by atoms with Crippen molar-refractivity contribution in [3.63, 3.8) is 0 Å². The molecule has 0 aliphatic heterocycles. The Bertz CT molecular complexity index is 214. The molecule has 1 amide bonds. The summed E-state index contributed by atoms with van der Waals surface area (Å²) in [5, 5.41) is 3.06. The normalized spacial score (nSPS) is 19.2. The maximum Gasteiger partial charge on any atom is 0.220 e. The highest BCUT2D eigenvalue weighted by Crippen LogP contribution is 2.21. The van der Waals surface area contributed by atoms with Gasteiger partial charge in [-0.15, -0.1) is 12.4 Å². The van der Waals surface area contributed by atoms with E-state index in [1.807, 2.05) is 6.92 Å². The SMILES string of the molecule is CC(N)CCC(=O)NCC1CCCCCCC1.Cl. The average molecular weight is 277 g/mol. The molecule has 1 unspecified atom stereocenters. The van der Waals surface area contributed by atoms with Crippen molar-refractivity contribution in [1.82, 2.24) is 5.32 Å². The van der Waals surface area contributed by atoms with Crippen molar-refractivity contribution in [2.75, 3.05) is 6.54 Å². The van der Waals surface area contributed by atoms with Gasteiger partial charge in [0, 0.05) is 19.0 Å². The van der Waals surface area contributed by atoms with E-state index in [0.29, 0.717) is 12.3 Å². The van der Waals surface area contributed by atoms with Gasteiger partial charge in [0.25, 0.3) is 0 Å². The van der Waals surface area contributed by atoms with Crippen LogP contribution < -0.4 is 11.1 Å². The lowest BCUT2D eigenvalue weighted by molar-refractivity contribution is -0.121. The minimum absolute atomic E-state index is 0. The standard InChI is InChI=1S/C14H28N2O.ClH/c1-12(15)9-10-14(17)16-11-13-7-5-3-2-4-6-8-13;/h12-13H,2-11,15H2,1H3,(H,16,17);1H. The Morgan fingerprint density at radius 1 is 1.22 bits per heavy atom. The zero-order chi connectivity index (χ0) is 12.5. The number of hydrogen-bond donors (Lipinski definition) is 2. The van der Waals surface area contributed by atoms with E-state index >= 15 is 0 Å². The Morgan fingerprint density at radius 2 is 1.78 bits per heavy atom. The molecule has 18 heavy (non-hydrogen) atoms. The van der Waals surface area contributed by atoms with Crippen LogP contribution in [0.5, 0.6) is 0 Å². The molecule has 3 N–H and O–H groups in total. The van der Waals surface area contributed by atoms with Gasteiger partial charge in [-0.05, 0) is 32.1 Å². The molecule has 0 aromatic heterocycles. The maximum absolute atomic E-state index is 11.6. The van der Waals surface area contributed by atoms with Crippen molar-refractivity contribution in [1.29, 1.82) is 0 Å². The number of carbonyl (C=O) groups excluding carboxylic acids is 1. The molecule has 3 nitrogen and oxygen atoms in total. The fourth-order valence-corrected chi connectivity index (χ4v) is 2.45. The summed E-state index contributed by atoms with van der Waals surface area (Å²) < 4.78 is 0. The molecule has 1 saturated carbocycles. The molecule has 0 aromatic carbocycles. The summed E-state index contributed by atoms with van der Waals surface area (Å²) in [6.45, 7) is 2.82. The predicted molar refractivity (Wildman–Crippen MR) is 79.0 cm³/mol. The summed E-state index contributed by atoms with van der Waals surface area (Å²) in [6.07, 6.45) is 10.7. The molecule has 1 aliphatic carbocycles. The lowest BCUT2D eigenvalue weighted by Crippen LogP contribution is -2.30. The molecule has 0 radical (unpaired) electrons. The Labute approximate surface area is 118 Å². The van der Waals surface area contributed by atoms with Gasteiger partial charge in [-0.1, -0.05) is 32.1 Å². The van der Waals surface area contributed by atoms with Crippen LogP contribution in [0.1, 0.15) is 64.7 Å². The predicted octanol–water partition coefficient (Wildman–Crippen LogP) is 3.01. The summed E-state index contributed by atoms with van der Waals surface area (Å²) in [7, 11) is 0. The van der Waals surface area contributed by atoms with Crippen molar-refractivity contribution in [3.05, 3.63) is 0 Å². The highest BCUT2D eigenvalue weighted by molar-refractivity contribution is 5.85. The summed E-state index contributed by atoms with van der Waals surface area (Å²) in [5.41, 5.74) is 5.64.